The van der Waals surface area contributed by atoms with Gasteiger partial charge in [-0.1, -0.05) is 30.4 Å². The summed E-state index contributed by atoms with van der Waals surface area (Å²) < 4.78 is 4.19. The van der Waals surface area contributed by atoms with E-state index in [9.17, 15) is 4.79 Å². The standard InChI is InChI=1S/C23H26N3O/c1-18-20(10-9-19-11-15-24(2)16-12-19)21-7-3-4-8-22(21)26(18)17-23(27)25-13-5-6-14-25/h3-4,7-12,15-16H,5-6,13-14,17H2,1-2H3/q+1. The first-order chi connectivity index (χ1) is 13.1. The van der Waals surface area contributed by atoms with E-state index in [1.54, 1.807) is 0 Å². The van der Waals surface area contributed by atoms with Gasteiger partial charge in [-0.15, -0.1) is 0 Å². The Morgan fingerprint density at radius 1 is 1.07 bits per heavy atom. The minimum atomic E-state index is 0.224. The molecule has 27 heavy (non-hydrogen) atoms. The molecule has 3 heterocycles. The average Bonchev–Trinajstić information content (AvgIpc) is 3.30. The maximum atomic E-state index is 12.7. The molecule has 0 spiro atoms. The number of pyridine rings is 1. The lowest BCUT2D eigenvalue weighted by Gasteiger charge is -2.17. The predicted octanol–water partition coefficient (Wildman–Crippen LogP) is 3.57. The molecule has 0 atom stereocenters. The highest BCUT2D eigenvalue weighted by Gasteiger charge is 2.20. The van der Waals surface area contributed by atoms with Gasteiger partial charge in [0.15, 0.2) is 12.4 Å². The Morgan fingerprint density at radius 2 is 1.78 bits per heavy atom. The van der Waals surface area contributed by atoms with Gasteiger partial charge in [-0.3, -0.25) is 4.79 Å². The molecule has 0 aliphatic carbocycles. The second-order valence-corrected chi connectivity index (χ2v) is 7.32. The van der Waals surface area contributed by atoms with Gasteiger partial charge >= 0.3 is 0 Å². The molecular weight excluding hydrogens is 334 g/mol. The Labute approximate surface area is 160 Å². The zero-order chi connectivity index (χ0) is 18.8. The average molecular weight is 360 g/mol. The highest BCUT2D eigenvalue weighted by atomic mass is 16.2. The van der Waals surface area contributed by atoms with Crippen LogP contribution in [0.25, 0.3) is 23.1 Å². The van der Waals surface area contributed by atoms with Gasteiger partial charge in [0.05, 0.1) is 0 Å². The number of fused-ring (bicyclic) bond motifs is 1. The number of aromatic nitrogens is 2. The van der Waals surface area contributed by atoms with Gasteiger partial charge in [-0.25, -0.2) is 4.57 Å². The number of benzene rings is 1. The van der Waals surface area contributed by atoms with Crippen molar-refractivity contribution in [3.05, 3.63) is 65.6 Å². The van der Waals surface area contributed by atoms with Crippen LogP contribution in [-0.4, -0.2) is 28.5 Å². The second kappa shape index (κ2) is 7.39. The number of hydrogen-bond donors (Lipinski definition) is 0. The third kappa shape index (κ3) is 3.52. The van der Waals surface area contributed by atoms with Crippen molar-refractivity contribution in [2.75, 3.05) is 13.1 Å². The highest BCUT2D eigenvalue weighted by Crippen LogP contribution is 2.28. The largest absolute Gasteiger partial charge is 0.341 e. The molecule has 1 aliphatic rings. The van der Waals surface area contributed by atoms with Gasteiger partial charge in [0.25, 0.3) is 0 Å². The van der Waals surface area contributed by atoms with Crippen LogP contribution < -0.4 is 4.57 Å². The first-order valence-electron chi connectivity index (χ1n) is 9.62. The summed E-state index contributed by atoms with van der Waals surface area (Å²) in [6.45, 7) is 4.33. The van der Waals surface area contributed by atoms with Crippen LogP contribution in [0.3, 0.4) is 0 Å². The molecule has 4 nitrogen and oxygen atoms in total. The number of amides is 1. The fourth-order valence-corrected chi connectivity index (χ4v) is 3.88. The van der Waals surface area contributed by atoms with Crippen LogP contribution >= 0.6 is 0 Å². The van der Waals surface area contributed by atoms with Gasteiger partial charge in [0.2, 0.25) is 5.91 Å². The predicted molar refractivity (Wildman–Crippen MR) is 109 cm³/mol. The van der Waals surface area contributed by atoms with Crippen molar-refractivity contribution in [1.82, 2.24) is 9.47 Å². The van der Waals surface area contributed by atoms with Crippen molar-refractivity contribution >= 4 is 29.0 Å². The molecule has 1 aliphatic heterocycles. The van der Waals surface area contributed by atoms with E-state index in [0.29, 0.717) is 6.54 Å². The molecule has 4 rings (SSSR count). The zero-order valence-electron chi connectivity index (χ0n) is 16.1. The lowest BCUT2D eigenvalue weighted by atomic mass is 10.1. The van der Waals surface area contributed by atoms with E-state index in [1.807, 2.05) is 35.0 Å². The molecule has 2 aromatic heterocycles. The van der Waals surface area contributed by atoms with Gasteiger partial charge in [0, 0.05) is 47.4 Å². The zero-order valence-corrected chi connectivity index (χ0v) is 16.1. The quantitative estimate of drug-likeness (QED) is 0.654. The molecule has 3 aromatic rings. The smallest absolute Gasteiger partial charge is 0.242 e. The Bertz CT molecular complexity index is 992. The Morgan fingerprint density at radius 3 is 2.52 bits per heavy atom. The lowest BCUT2D eigenvalue weighted by molar-refractivity contribution is -0.671. The SMILES string of the molecule is Cc1c(/C=C/c2cc[n+](C)cc2)c2ccccc2n1CC(=O)N1CCCC1. The van der Waals surface area contributed by atoms with Crippen LogP contribution in [0.5, 0.6) is 0 Å². The number of carbonyl (C=O) groups excluding carboxylic acids is 1. The summed E-state index contributed by atoms with van der Waals surface area (Å²) in [5.41, 5.74) is 4.62. The summed E-state index contributed by atoms with van der Waals surface area (Å²) in [6, 6.07) is 12.6. The first-order valence-corrected chi connectivity index (χ1v) is 9.62. The molecule has 1 amide bonds. The van der Waals surface area contributed by atoms with E-state index in [2.05, 4.69) is 54.0 Å². The number of hydrogen-bond acceptors (Lipinski definition) is 1. The second-order valence-electron chi connectivity index (χ2n) is 7.32. The molecule has 0 unspecified atom stereocenters. The third-order valence-electron chi connectivity index (χ3n) is 5.48. The fraction of sp³-hybridized carbons (Fsp3) is 0.304. The van der Waals surface area contributed by atoms with Crippen LogP contribution in [0.1, 0.15) is 29.7 Å². The van der Waals surface area contributed by atoms with Crippen LogP contribution in [-0.2, 0) is 18.4 Å². The number of para-hydroxylation sites is 1. The van der Waals surface area contributed by atoms with Gasteiger partial charge < -0.3 is 9.47 Å². The monoisotopic (exact) mass is 360 g/mol. The van der Waals surface area contributed by atoms with Crippen LogP contribution in [0.15, 0.2) is 48.8 Å². The van der Waals surface area contributed by atoms with Gasteiger partial charge in [-0.2, -0.15) is 0 Å². The highest BCUT2D eigenvalue weighted by molar-refractivity contribution is 5.94. The Balaban J connectivity index is 1.69. The number of rotatable bonds is 4. The summed E-state index contributed by atoms with van der Waals surface area (Å²) in [6.07, 6.45) is 10.7. The molecule has 1 aromatic carbocycles. The van der Waals surface area contributed by atoms with Crippen LogP contribution in [0.4, 0.5) is 0 Å². The number of aryl methyl sites for hydroxylation is 1. The van der Waals surface area contributed by atoms with Crippen LogP contribution in [0.2, 0.25) is 0 Å². The summed E-state index contributed by atoms with van der Waals surface area (Å²) >= 11 is 0. The molecule has 0 bridgehead atoms. The molecule has 0 saturated carbocycles. The van der Waals surface area contributed by atoms with Gasteiger partial charge in [0.1, 0.15) is 13.6 Å². The van der Waals surface area contributed by atoms with E-state index in [-0.39, 0.29) is 5.91 Å². The minimum Gasteiger partial charge on any atom is -0.341 e. The Kier molecular flexibility index (Phi) is 4.80. The molecule has 1 fully saturated rings. The van der Waals surface area contributed by atoms with E-state index >= 15 is 0 Å². The fourth-order valence-electron chi connectivity index (χ4n) is 3.88. The summed E-state index contributed by atoms with van der Waals surface area (Å²) in [5.74, 6) is 0.224. The van der Waals surface area contributed by atoms with Crippen LogP contribution in [0, 0.1) is 6.92 Å². The summed E-state index contributed by atoms with van der Waals surface area (Å²) in [4.78, 5) is 14.7. The molecule has 0 radical (unpaired) electrons. The Hall–Kier alpha value is -2.88. The van der Waals surface area contributed by atoms with E-state index < -0.39 is 0 Å². The van der Waals surface area contributed by atoms with Gasteiger partial charge in [-0.05, 0) is 31.4 Å². The van der Waals surface area contributed by atoms with E-state index in [4.69, 9.17) is 0 Å². The third-order valence-corrected chi connectivity index (χ3v) is 5.48. The number of nitrogens with zero attached hydrogens (tertiary/aromatic N) is 3. The lowest BCUT2D eigenvalue weighted by Crippen LogP contribution is -2.31. The topological polar surface area (TPSA) is 29.1 Å². The maximum Gasteiger partial charge on any atom is 0.242 e. The van der Waals surface area contributed by atoms with E-state index in [1.165, 1.54) is 10.9 Å². The molecule has 0 N–H and O–H groups in total. The number of likely N-dealkylation sites (tertiary alicyclic amines) is 1. The van der Waals surface area contributed by atoms with Crippen molar-refractivity contribution in [3.63, 3.8) is 0 Å². The van der Waals surface area contributed by atoms with E-state index in [0.717, 1.165) is 42.7 Å². The summed E-state index contributed by atoms with van der Waals surface area (Å²) in [5, 5.41) is 1.20. The molecule has 138 valence electrons. The summed E-state index contributed by atoms with van der Waals surface area (Å²) in [7, 11) is 2.02. The normalized spacial score (nSPS) is 14.5. The molecule has 1 saturated heterocycles. The van der Waals surface area contributed by atoms with Crippen molar-refractivity contribution in [3.8, 4) is 0 Å². The van der Waals surface area contributed by atoms with Crippen molar-refractivity contribution in [1.29, 1.82) is 0 Å². The van der Waals surface area contributed by atoms with Crippen molar-refractivity contribution in [2.45, 2.75) is 26.3 Å². The first kappa shape index (κ1) is 17.5. The molecule has 4 heteroatoms. The maximum absolute atomic E-state index is 12.7. The number of carbonyl (C=O) groups is 1. The van der Waals surface area contributed by atoms with Crippen molar-refractivity contribution < 1.29 is 9.36 Å². The minimum absolute atomic E-state index is 0.224. The molecular formula is C23H26N3O+. The van der Waals surface area contributed by atoms with Crippen molar-refractivity contribution in [2.24, 2.45) is 7.05 Å².